The molecule has 1 aromatic rings. The van der Waals surface area contributed by atoms with Gasteiger partial charge in [0.2, 0.25) is 0 Å². The molecule has 0 radical (unpaired) electrons. The molecule has 2 rings (SSSR count). The quantitative estimate of drug-likeness (QED) is 0.826. The molecule has 0 atom stereocenters. The van der Waals surface area contributed by atoms with Gasteiger partial charge in [0, 0.05) is 28.9 Å². The minimum absolute atomic E-state index is 0.401. The summed E-state index contributed by atoms with van der Waals surface area (Å²) < 4.78 is 0. The van der Waals surface area contributed by atoms with E-state index in [4.69, 9.17) is 5.73 Å². The van der Waals surface area contributed by atoms with Gasteiger partial charge in [-0.3, -0.25) is 4.90 Å². The van der Waals surface area contributed by atoms with Crippen LogP contribution in [0.25, 0.3) is 0 Å². The minimum atomic E-state index is -0.464. The Morgan fingerprint density at radius 2 is 2.21 bits per heavy atom. The van der Waals surface area contributed by atoms with E-state index in [1.807, 2.05) is 0 Å². The third-order valence-corrected chi connectivity index (χ3v) is 4.43. The van der Waals surface area contributed by atoms with Gasteiger partial charge < -0.3 is 10.8 Å². The second-order valence-corrected chi connectivity index (χ2v) is 6.41. The van der Waals surface area contributed by atoms with Gasteiger partial charge in [0.1, 0.15) is 0 Å². The van der Waals surface area contributed by atoms with Crippen molar-refractivity contribution in [1.29, 1.82) is 0 Å². The second-order valence-electron chi connectivity index (χ2n) is 5.41. The van der Waals surface area contributed by atoms with Gasteiger partial charge in [0.25, 0.3) is 0 Å². The number of hydrogen-bond donors (Lipinski definition) is 2. The van der Waals surface area contributed by atoms with E-state index in [1.165, 1.54) is 4.88 Å². The van der Waals surface area contributed by atoms with Crippen molar-refractivity contribution in [3.05, 3.63) is 21.9 Å². The highest BCUT2D eigenvalue weighted by Crippen LogP contribution is 2.30. The van der Waals surface area contributed by atoms with Crippen LogP contribution in [-0.4, -0.2) is 35.7 Å². The Kier molecular flexibility index (Phi) is 5.00. The third kappa shape index (κ3) is 4.32. The summed E-state index contributed by atoms with van der Waals surface area (Å²) in [4.78, 5) is 3.49. The van der Waals surface area contributed by atoms with Gasteiger partial charge in [0.05, 0.1) is 12.1 Å². The SMILES string of the molecule is CN(Cc1cc(C#CCN)cs1)CC1(O)CCCC1. The third-order valence-electron chi connectivity index (χ3n) is 3.51. The normalized spacial score (nSPS) is 17.5. The zero-order valence-electron chi connectivity index (χ0n) is 11.5. The molecule has 4 heteroatoms. The molecule has 0 bridgehead atoms. The lowest BCUT2D eigenvalue weighted by Crippen LogP contribution is -2.38. The number of likely N-dealkylation sites (N-methyl/N-ethyl adjacent to an activating group) is 1. The molecule has 3 nitrogen and oxygen atoms in total. The van der Waals surface area contributed by atoms with Crippen molar-refractivity contribution in [2.24, 2.45) is 5.73 Å². The van der Waals surface area contributed by atoms with Crippen molar-refractivity contribution >= 4 is 11.3 Å². The van der Waals surface area contributed by atoms with Crippen molar-refractivity contribution in [3.8, 4) is 11.8 Å². The Bertz CT molecular complexity index is 466. The van der Waals surface area contributed by atoms with Crippen LogP contribution in [0.4, 0.5) is 0 Å². The topological polar surface area (TPSA) is 49.5 Å². The molecule has 1 fully saturated rings. The molecule has 104 valence electrons. The van der Waals surface area contributed by atoms with Gasteiger partial charge in [-0.2, -0.15) is 0 Å². The summed E-state index contributed by atoms with van der Waals surface area (Å²) >= 11 is 1.72. The standard InChI is InChI=1S/C15H22N2OS/c1-17(12-15(18)6-2-3-7-15)10-14-9-13(11-19-14)5-4-8-16/h9,11,18H,2-3,6-8,10,12,16H2,1H3. The van der Waals surface area contributed by atoms with E-state index in [0.717, 1.165) is 44.3 Å². The first-order chi connectivity index (χ1) is 9.11. The average Bonchev–Trinajstić information content (AvgIpc) is 2.96. The van der Waals surface area contributed by atoms with Crippen LogP contribution in [0.5, 0.6) is 0 Å². The minimum Gasteiger partial charge on any atom is -0.389 e. The molecular formula is C15H22N2OS. The van der Waals surface area contributed by atoms with E-state index in [1.54, 1.807) is 11.3 Å². The maximum Gasteiger partial charge on any atom is 0.0774 e. The summed E-state index contributed by atoms with van der Waals surface area (Å²) in [7, 11) is 2.07. The number of nitrogens with zero attached hydrogens (tertiary/aromatic N) is 1. The lowest BCUT2D eigenvalue weighted by molar-refractivity contribution is 0.0147. The maximum atomic E-state index is 10.4. The summed E-state index contributed by atoms with van der Waals surface area (Å²) in [5, 5.41) is 12.5. The monoisotopic (exact) mass is 278 g/mol. The first-order valence-electron chi connectivity index (χ1n) is 6.79. The van der Waals surface area contributed by atoms with Gasteiger partial charge in [-0.05, 0) is 26.0 Å². The zero-order chi connectivity index (χ0) is 13.7. The lowest BCUT2D eigenvalue weighted by atomic mass is 10.0. The van der Waals surface area contributed by atoms with Crippen LogP contribution in [0.1, 0.15) is 36.1 Å². The fraction of sp³-hybridized carbons (Fsp3) is 0.600. The highest BCUT2D eigenvalue weighted by molar-refractivity contribution is 7.10. The summed E-state index contributed by atoms with van der Waals surface area (Å²) in [6.07, 6.45) is 4.19. The fourth-order valence-electron chi connectivity index (χ4n) is 2.70. The van der Waals surface area contributed by atoms with Gasteiger partial charge in [-0.15, -0.1) is 11.3 Å². The fourth-order valence-corrected chi connectivity index (χ4v) is 3.59. The zero-order valence-corrected chi connectivity index (χ0v) is 12.3. The van der Waals surface area contributed by atoms with Gasteiger partial charge in [0.15, 0.2) is 0 Å². The van der Waals surface area contributed by atoms with E-state index in [2.05, 4.69) is 35.2 Å². The van der Waals surface area contributed by atoms with E-state index in [0.29, 0.717) is 6.54 Å². The number of hydrogen-bond acceptors (Lipinski definition) is 4. The molecule has 1 aliphatic rings. The lowest BCUT2D eigenvalue weighted by Gasteiger charge is -2.28. The Morgan fingerprint density at radius 3 is 2.89 bits per heavy atom. The molecule has 3 N–H and O–H groups in total. The highest BCUT2D eigenvalue weighted by Gasteiger charge is 2.32. The van der Waals surface area contributed by atoms with Crippen molar-refractivity contribution < 1.29 is 5.11 Å². The molecule has 0 aromatic carbocycles. The summed E-state index contributed by atoms with van der Waals surface area (Å²) in [5.41, 5.74) is 5.94. The molecule has 0 aliphatic heterocycles. The van der Waals surface area contributed by atoms with Crippen LogP contribution < -0.4 is 5.73 Å². The second kappa shape index (κ2) is 6.53. The van der Waals surface area contributed by atoms with Crippen LogP contribution in [0.2, 0.25) is 0 Å². The first kappa shape index (κ1) is 14.5. The van der Waals surface area contributed by atoms with Crippen molar-refractivity contribution in [2.45, 2.75) is 37.8 Å². The predicted octanol–water partition coefficient (Wildman–Crippen LogP) is 1.80. The molecule has 0 spiro atoms. The summed E-state index contributed by atoms with van der Waals surface area (Å²) in [5.74, 6) is 5.91. The average molecular weight is 278 g/mol. The number of thiophene rings is 1. The molecule has 0 unspecified atom stereocenters. The van der Waals surface area contributed by atoms with Crippen molar-refractivity contribution in [3.63, 3.8) is 0 Å². The van der Waals surface area contributed by atoms with Gasteiger partial charge >= 0.3 is 0 Å². The van der Waals surface area contributed by atoms with Crippen molar-refractivity contribution in [1.82, 2.24) is 4.90 Å². The van der Waals surface area contributed by atoms with E-state index in [9.17, 15) is 5.11 Å². The molecule has 1 saturated carbocycles. The van der Waals surface area contributed by atoms with E-state index < -0.39 is 5.60 Å². The molecule has 1 aliphatic carbocycles. The molecule has 1 aromatic heterocycles. The molecular weight excluding hydrogens is 256 g/mol. The molecule has 0 saturated heterocycles. The summed E-state index contributed by atoms with van der Waals surface area (Å²) in [6, 6.07) is 2.11. The Labute approximate surface area is 119 Å². The summed E-state index contributed by atoms with van der Waals surface area (Å²) in [6.45, 7) is 2.03. The van der Waals surface area contributed by atoms with Gasteiger partial charge in [-0.1, -0.05) is 24.7 Å². The smallest absolute Gasteiger partial charge is 0.0774 e. The van der Waals surface area contributed by atoms with Crippen LogP contribution in [0.3, 0.4) is 0 Å². The largest absolute Gasteiger partial charge is 0.389 e. The Hall–Kier alpha value is -0.860. The first-order valence-corrected chi connectivity index (χ1v) is 7.66. The number of nitrogens with two attached hydrogens (primary N) is 1. The van der Waals surface area contributed by atoms with E-state index >= 15 is 0 Å². The molecule has 19 heavy (non-hydrogen) atoms. The highest BCUT2D eigenvalue weighted by atomic mass is 32.1. The van der Waals surface area contributed by atoms with Gasteiger partial charge in [-0.25, -0.2) is 0 Å². The number of rotatable bonds is 4. The van der Waals surface area contributed by atoms with Crippen LogP contribution in [-0.2, 0) is 6.54 Å². The molecule has 0 amide bonds. The maximum absolute atomic E-state index is 10.4. The predicted molar refractivity (Wildman–Crippen MR) is 80.0 cm³/mol. The van der Waals surface area contributed by atoms with Crippen LogP contribution >= 0.6 is 11.3 Å². The Morgan fingerprint density at radius 1 is 1.47 bits per heavy atom. The number of aliphatic hydroxyl groups is 1. The van der Waals surface area contributed by atoms with Crippen LogP contribution in [0.15, 0.2) is 11.4 Å². The van der Waals surface area contributed by atoms with Crippen molar-refractivity contribution in [2.75, 3.05) is 20.1 Å². The van der Waals surface area contributed by atoms with E-state index in [-0.39, 0.29) is 0 Å². The van der Waals surface area contributed by atoms with Crippen LogP contribution in [0, 0.1) is 11.8 Å². The Balaban J connectivity index is 1.88. The molecule has 1 heterocycles.